The molecule has 0 fully saturated rings. The van der Waals surface area contributed by atoms with Gasteiger partial charge in [0.15, 0.2) is 0 Å². The molecule has 2 aliphatic rings. The van der Waals surface area contributed by atoms with Gasteiger partial charge in [-0.2, -0.15) is 4.90 Å². The van der Waals surface area contributed by atoms with E-state index in [-0.39, 0.29) is 0 Å². The Morgan fingerprint density at radius 3 is 2.57 bits per heavy atom. The molecule has 0 bridgehead atoms. The summed E-state index contributed by atoms with van der Waals surface area (Å²) in [6, 6.07) is 21.9. The molecule has 0 saturated heterocycles. The van der Waals surface area contributed by atoms with Gasteiger partial charge in [-0.25, -0.2) is 4.57 Å². The fourth-order valence-corrected chi connectivity index (χ4v) is 3.63. The van der Waals surface area contributed by atoms with Crippen LogP contribution in [0, 0.1) is 0 Å². The van der Waals surface area contributed by atoms with Crippen LogP contribution in [0.25, 0.3) is 0 Å². The quantitative estimate of drug-likeness (QED) is 0.389. The lowest BCUT2D eigenvalue weighted by molar-refractivity contribution is -0.676. The Labute approximate surface area is 123 Å². The molecular formula is C19H15N2+. The summed E-state index contributed by atoms with van der Waals surface area (Å²) in [4.78, 5) is 2.42. The van der Waals surface area contributed by atoms with Crippen molar-refractivity contribution in [2.45, 2.75) is 13.0 Å². The number of hydrogen-bond donors (Lipinski definition) is 0. The predicted molar refractivity (Wildman–Crippen MR) is 83.2 cm³/mol. The number of nitrogens with zero attached hydrogens (tertiary/aromatic N) is 2. The number of fused-ring (bicyclic) bond motifs is 4. The molecule has 0 spiro atoms. The fraction of sp³-hybridized carbons (Fsp3) is 0.105. The highest BCUT2D eigenvalue weighted by atomic mass is 15.3. The van der Waals surface area contributed by atoms with Crippen molar-refractivity contribution in [2.75, 3.05) is 4.90 Å². The van der Waals surface area contributed by atoms with Crippen LogP contribution in [0.5, 0.6) is 0 Å². The standard InChI is InChI=1S/C19H15N2/c1-2-9-17-14(6-1)12-15-7-5-8-16-13-20-11-4-3-10-18(20)21(17)19(15)16/h1-11H,12-13H2/q+1. The van der Waals surface area contributed by atoms with E-state index in [9.17, 15) is 0 Å². The second-order valence-corrected chi connectivity index (χ2v) is 5.75. The molecule has 100 valence electrons. The molecule has 0 atom stereocenters. The molecule has 2 heteroatoms. The van der Waals surface area contributed by atoms with Gasteiger partial charge in [-0.05, 0) is 12.1 Å². The van der Waals surface area contributed by atoms with Crippen molar-refractivity contribution in [3.05, 3.63) is 83.6 Å². The molecule has 21 heavy (non-hydrogen) atoms. The van der Waals surface area contributed by atoms with Crippen molar-refractivity contribution in [3.8, 4) is 0 Å². The van der Waals surface area contributed by atoms with E-state index in [0.29, 0.717) is 0 Å². The molecule has 2 aromatic carbocycles. The first-order valence-electron chi connectivity index (χ1n) is 7.39. The third-order valence-electron chi connectivity index (χ3n) is 4.53. The Bertz CT molecular complexity index is 799. The maximum Gasteiger partial charge on any atom is 0.287 e. The smallest absolute Gasteiger partial charge is 0.229 e. The average Bonchev–Trinajstić information content (AvgIpc) is 2.54. The van der Waals surface area contributed by atoms with Crippen LogP contribution in [-0.4, -0.2) is 0 Å². The van der Waals surface area contributed by atoms with Crippen molar-refractivity contribution < 1.29 is 4.57 Å². The largest absolute Gasteiger partial charge is 0.287 e. The average molecular weight is 271 g/mol. The van der Waals surface area contributed by atoms with Gasteiger partial charge in [-0.1, -0.05) is 42.5 Å². The van der Waals surface area contributed by atoms with Crippen LogP contribution in [-0.2, 0) is 13.0 Å². The van der Waals surface area contributed by atoms with Crippen LogP contribution < -0.4 is 9.47 Å². The molecule has 2 nitrogen and oxygen atoms in total. The minimum atomic E-state index is 0.956. The summed E-state index contributed by atoms with van der Waals surface area (Å²) in [5.41, 5.74) is 6.95. The minimum Gasteiger partial charge on any atom is -0.229 e. The first-order valence-corrected chi connectivity index (χ1v) is 7.39. The summed E-state index contributed by atoms with van der Waals surface area (Å²) < 4.78 is 2.33. The van der Waals surface area contributed by atoms with E-state index in [1.165, 1.54) is 33.9 Å². The molecule has 3 heterocycles. The second-order valence-electron chi connectivity index (χ2n) is 5.75. The molecule has 0 amide bonds. The van der Waals surface area contributed by atoms with Crippen LogP contribution in [0.2, 0.25) is 0 Å². The summed E-state index contributed by atoms with van der Waals surface area (Å²) in [5.74, 6) is 1.25. The Morgan fingerprint density at radius 2 is 1.57 bits per heavy atom. The zero-order valence-electron chi connectivity index (χ0n) is 11.7. The zero-order valence-corrected chi connectivity index (χ0v) is 11.7. The van der Waals surface area contributed by atoms with Crippen LogP contribution >= 0.6 is 0 Å². The maximum absolute atomic E-state index is 2.42. The third-order valence-corrected chi connectivity index (χ3v) is 4.53. The molecule has 0 radical (unpaired) electrons. The lowest BCUT2D eigenvalue weighted by Gasteiger charge is -2.32. The summed E-state index contributed by atoms with van der Waals surface area (Å²) in [7, 11) is 0. The van der Waals surface area contributed by atoms with Crippen LogP contribution in [0.15, 0.2) is 66.9 Å². The van der Waals surface area contributed by atoms with Crippen molar-refractivity contribution in [1.82, 2.24) is 0 Å². The van der Waals surface area contributed by atoms with Gasteiger partial charge in [-0.15, -0.1) is 0 Å². The van der Waals surface area contributed by atoms with Gasteiger partial charge in [-0.3, -0.25) is 0 Å². The number of pyridine rings is 1. The maximum atomic E-state index is 2.42. The fourth-order valence-electron chi connectivity index (χ4n) is 3.63. The van der Waals surface area contributed by atoms with Gasteiger partial charge in [0.05, 0.1) is 6.20 Å². The number of rotatable bonds is 0. The minimum absolute atomic E-state index is 0.956. The van der Waals surface area contributed by atoms with Gasteiger partial charge in [0.25, 0.3) is 5.82 Å². The van der Waals surface area contributed by atoms with Crippen LogP contribution in [0.1, 0.15) is 16.7 Å². The van der Waals surface area contributed by atoms with Crippen LogP contribution in [0.4, 0.5) is 17.2 Å². The number of benzene rings is 2. The summed E-state index contributed by atoms with van der Waals surface area (Å²) in [6.07, 6.45) is 3.20. The third kappa shape index (κ3) is 1.44. The molecule has 1 aromatic heterocycles. The molecule has 5 rings (SSSR count). The molecule has 3 aromatic rings. The molecule has 2 aliphatic heterocycles. The van der Waals surface area contributed by atoms with E-state index in [1.807, 2.05) is 0 Å². The van der Waals surface area contributed by atoms with Crippen molar-refractivity contribution in [2.24, 2.45) is 0 Å². The van der Waals surface area contributed by atoms with Gasteiger partial charge >= 0.3 is 0 Å². The highest BCUT2D eigenvalue weighted by Crippen LogP contribution is 2.45. The zero-order chi connectivity index (χ0) is 13.8. The van der Waals surface area contributed by atoms with Gasteiger partial charge in [0, 0.05) is 29.2 Å². The highest BCUT2D eigenvalue weighted by Gasteiger charge is 2.37. The van der Waals surface area contributed by atoms with E-state index in [1.54, 1.807) is 0 Å². The number of anilines is 3. The first kappa shape index (κ1) is 11.1. The highest BCUT2D eigenvalue weighted by molar-refractivity contribution is 5.83. The Balaban J connectivity index is 1.88. The normalized spacial score (nSPS) is 14.2. The number of hydrogen-bond acceptors (Lipinski definition) is 1. The van der Waals surface area contributed by atoms with Gasteiger partial charge in [0.1, 0.15) is 17.9 Å². The van der Waals surface area contributed by atoms with E-state index < -0.39 is 0 Å². The van der Waals surface area contributed by atoms with Gasteiger partial charge < -0.3 is 0 Å². The Hall–Kier alpha value is -2.61. The van der Waals surface area contributed by atoms with Crippen LogP contribution in [0.3, 0.4) is 0 Å². The number of aromatic nitrogens is 1. The Morgan fingerprint density at radius 1 is 0.762 bits per heavy atom. The SMILES string of the molecule is c1ccc2c(c1)Cc1cccc3c1N2c1cccc[n+]1C3. The molecular weight excluding hydrogens is 256 g/mol. The van der Waals surface area contributed by atoms with E-state index in [4.69, 9.17) is 0 Å². The van der Waals surface area contributed by atoms with Crippen molar-refractivity contribution in [3.63, 3.8) is 0 Å². The lowest BCUT2D eigenvalue weighted by atomic mass is 9.91. The molecule has 0 unspecified atom stereocenters. The van der Waals surface area contributed by atoms with E-state index in [0.717, 1.165) is 13.0 Å². The lowest BCUT2D eigenvalue weighted by Crippen LogP contribution is -2.44. The first-order chi connectivity index (χ1) is 10.4. The van der Waals surface area contributed by atoms with Crippen molar-refractivity contribution >= 4 is 17.2 Å². The summed E-state index contributed by atoms with van der Waals surface area (Å²) >= 11 is 0. The van der Waals surface area contributed by atoms with E-state index >= 15 is 0 Å². The monoisotopic (exact) mass is 271 g/mol. The molecule has 0 N–H and O–H groups in total. The Kier molecular flexibility index (Phi) is 2.09. The predicted octanol–water partition coefficient (Wildman–Crippen LogP) is 3.71. The van der Waals surface area contributed by atoms with E-state index in [2.05, 4.69) is 76.3 Å². The van der Waals surface area contributed by atoms with Crippen molar-refractivity contribution in [1.29, 1.82) is 0 Å². The molecule has 0 saturated carbocycles. The molecule has 0 aliphatic carbocycles. The number of para-hydroxylation sites is 2. The summed E-state index contributed by atoms with van der Waals surface area (Å²) in [5, 5.41) is 0. The summed E-state index contributed by atoms with van der Waals surface area (Å²) in [6.45, 7) is 0.956. The second kappa shape index (κ2) is 3.95. The topological polar surface area (TPSA) is 7.12 Å². The van der Waals surface area contributed by atoms with Gasteiger partial charge in [0.2, 0.25) is 0 Å².